The van der Waals surface area contributed by atoms with Gasteiger partial charge in [-0.2, -0.15) is 9.61 Å². The largest absolute Gasteiger partial charge is 0.370 e. The van der Waals surface area contributed by atoms with Crippen molar-refractivity contribution < 1.29 is 0 Å². The topological polar surface area (TPSA) is 80.3 Å². The Hall–Kier alpha value is -1.82. The first-order valence-corrected chi connectivity index (χ1v) is 6.87. The lowest BCUT2D eigenvalue weighted by Crippen LogP contribution is -2.22. The fourth-order valence-corrected chi connectivity index (χ4v) is 2.64. The number of hydrogen-bond acceptors (Lipinski definition) is 5. The van der Waals surface area contributed by atoms with E-state index in [1.54, 1.807) is 6.20 Å². The summed E-state index contributed by atoms with van der Waals surface area (Å²) in [6, 6.07) is 4.67. The van der Waals surface area contributed by atoms with E-state index in [1.165, 1.54) is 0 Å². The second-order valence-electron chi connectivity index (χ2n) is 5.07. The minimum atomic E-state index is 0.320. The quantitative estimate of drug-likeness (QED) is 0.775. The van der Waals surface area contributed by atoms with Crippen molar-refractivity contribution in [1.29, 1.82) is 0 Å². The Morgan fingerprint density at radius 1 is 1.47 bits per heavy atom. The second kappa shape index (κ2) is 5.05. The zero-order chi connectivity index (χ0) is 13.2. The van der Waals surface area contributed by atoms with Crippen LogP contribution in [-0.2, 0) is 0 Å². The monoisotopic (exact) mass is 260 g/mol. The first-order valence-electron chi connectivity index (χ1n) is 6.87. The van der Waals surface area contributed by atoms with Gasteiger partial charge in [0.05, 0.1) is 6.20 Å². The summed E-state index contributed by atoms with van der Waals surface area (Å²) in [6.45, 7) is 2.91. The Kier molecular flexibility index (Phi) is 3.25. The van der Waals surface area contributed by atoms with Gasteiger partial charge in [-0.05, 0) is 26.2 Å². The van der Waals surface area contributed by atoms with Gasteiger partial charge in [0.2, 0.25) is 0 Å². The molecule has 0 spiro atoms. The summed E-state index contributed by atoms with van der Waals surface area (Å²) >= 11 is 0. The van der Waals surface area contributed by atoms with Crippen LogP contribution < -0.4 is 16.4 Å². The lowest BCUT2D eigenvalue weighted by Gasteiger charge is -2.16. The summed E-state index contributed by atoms with van der Waals surface area (Å²) in [5, 5.41) is 11.1. The normalized spacial score (nSPS) is 22.8. The molecule has 0 aliphatic heterocycles. The zero-order valence-corrected chi connectivity index (χ0v) is 11.1. The maximum absolute atomic E-state index is 5.96. The van der Waals surface area contributed by atoms with Crippen LogP contribution in [0.4, 0.5) is 11.6 Å². The molecule has 0 unspecified atom stereocenters. The second-order valence-corrected chi connectivity index (χ2v) is 5.07. The van der Waals surface area contributed by atoms with Gasteiger partial charge >= 0.3 is 0 Å². The minimum Gasteiger partial charge on any atom is -0.370 e. The Balaban J connectivity index is 1.89. The predicted molar refractivity (Wildman–Crippen MR) is 76.4 cm³/mol. The van der Waals surface area contributed by atoms with Crippen LogP contribution in [0.2, 0.25) is 0 Å². The molecule has 19 heavy (non-hydrogen) atoms. The Morgan fingerprint density at radius 3 is 3.11 bits per heavy atom. The predicted octanol–water partition coefficient (Wildman–Crippen LogP) is 1.45. The maximum Gasteiger partial charge on any atom is 0.159 e. The van der Waals surface area contributed by atoms with Gasteiger partial charge in [0.1, 0.15) is 11.6 Å². The molecule has 1 aliphatic rings. The number of nitrogens with two attached hydrogens (primary N) is 1. The molecule has 2 heterocycles. The first-order chi connectivity index (χ1) is 9.26. The molecular weight excluding hydrogens is 240 g/mol. The van der Waals surface area contributed by atoms with Gasteiger partial charge in [-0.3, -0.25) is 0 Å². The zero-order valence-electron chi connectivity index (χ0n) is 11.1. The Labute approximate surface area is 112 Å². The van der Waals surface area contributed by atoms with Gasteiger partial charge in [-0.25, -0.2) is 4.98 Å². The number of anilines is 2. The van der Waals surface area contributed by atoms with Crippen LogP contribution in [0.15, 0.2) is 18.3 Å². The number of aromatic nitrogens is 3. The molecule has 0 bridgehead atoms. The number of rotatable bonds is 4. The standard InChI is InChI=1S/C13H20N6/c1-2-15-11-8-13(17-10-4-3-9(14)7-10)19-12(18-11)5-6-16-19/h5-6,8-10,17H,2-4,7,14H2,1H3,(H,15,18)/t9-,10+/m0/s1. The lowest BCUT2D eigenvalue weighted by molar-refractivity contribution is 0.684. The fraction of sp³-hybridized carbons (Fsp3) is 0.538. The average molecular weight is 260 g/mol. The summed E-state index contributed by atoms with van der Waals surface area (Å²) in [4.78, 5) is 4.50. The molecule has 1 saturated carbocycles. The molecular formula is C13H20N6. The lowest BCUT2D eigenvalue weighted by atomic mass is 10.2. The number of hydrogen-bond donors (Lipinski definition) is 3. The molecule has 1 fully saturated rings. The fourth-order valence-electron chi connectivity index (χ4n) is 2.64. The van der Waals surface area contributed by atoms with Crippen molar-refractivity contribution in [1.82, 2.24) is 14.6 Å². The van der Waals surface area contributed by atoms with Gasteiger partial charge in [-0.15, -0.1) is 0 Å². The highest BCUT2D eigenvalue weighted by Crippen LogP contribution is 2.23. The maximum atomic E-state index is 5.96. The molecule has 102 valence electrons. The Morgan fingerprint density at radius 2 is 2.37 bits per heavy atom. The highest BCUT2D eigenvalue weighted by Gasteiger charge is 2.22. The molecule has 2 aromatic heterocycles. The molecule has 0 radical (unpaired) electrons. The van der Waals surface area contributed by atoms with Crippen molar-refractivity contribution in [2.45, 2.75) is 38.3 Å². The van der Waals surface area contributed by atoms with Gasteiger partial charge in [0, 0.05) is 30.8 Å². The summed E-state index contributed by atoms with van der Waals surface area (Å²) in [5.74, 6) is 1.85. The van der Waals surface area contributed by atoms with E-state index >= 15 is 0 Å². The molecule has 6 heteroatoms. The SMILES string of the molecule is CCNc1cc(N[C@@H]2CC[C@H](N)C2)n2nccc2n1. The molecule has 6 nitrogen and oxygen atoms in total. The summed E-state index contributed by atoms with van der Waals surface area (Å²) in [6.07, 6.45) is 4.99. The van der Waals surface area contributed by atoms with E-state index in [-0.39, 0.29) is 0 Å². The smallest absolute Gasteiger partial charge is 0.159 e. The summed E-state index contributed by atoms with van der Waals surface area (Å²) < 4.78 is 1.84. The molecule has 2 atom stereocenters. The van der Waals surface area contributed by atoms with E-state index in [2.05, 4.69) is 27.6 Å². The molecule has 3 rings (SSSR count). The van der Waals surface area contributed by atoms with Crippen LogP contribution in [0.25, 0.3) is 5.65 Å². The van der Waals surface area contributed by atoms with E-state index in [0.717, 1.165) is 43.1 Å². The van der Waals surface area contributed by atoms with E-state index in [9.17, 15) is 0 Å². The Bertz CT molecular complexity index is 563. The van der Waals surface area contributed by atoms with E-state index < -0.39 is 0 Å². The average Bonchev–Trinajstić information content (AvgIpc) is 2.99. The van der Waals surface area contributed by atoms with Crippen LogP contribution in [0.1, 0.15) is 26.2 Å². The van der Waals surface area contributed by atoms with E-state index in [0.29, 0.717) is 12.1 Å². The third kappa shape index (κ3) is 2.49. The number of nitrogens with one attached hydrogen (secondary N) is 2. The molecule has 2 aromatic rings. The molecule has 1 aliphatic carbocycles. The first kappa shape index (κ1) is 12.2. The van der Waals surface area contributed by atoms with Crippen LogP contribution in [0.3, 0.4) is 0 Å². The number of nitrogens with zero attached hydrogens (tertiary/aromatic N) is 3. The van der Waals surface area contributed by atoms with Crippen molar-refractivity contribution >= 4 is 17.3 Å². The third-order valence-electron chi connectivity index (χ3n) is 3.54. The van der Waals surface area contributed by atoms with Crippen LogP contribution in [0, 0.1) is 0 Å². The van der Waals surface area contributed by atoms with Crippen molar-refractivity contribution in [3.05, 3.63) is 18.3 Å². The van der Waals surface area contributed by atoms with E-state index in [4.69, 9.17) is 5.73 Å². The highest BCUT2D eigenvalue weighted by molar-refractivity contribution is 5.57. The number of fused-ring (bicyclic) bond motifs is 1. The van der Waals surface area contributed by atoms with Crippen molar-refractivity contribution in [2.24, 2.45) is 5.73 Å². The molecule has 0 saturated heterocycles. The van der Waals surface area contributed by atoms with Crippen LogP contribution >= 0.6 is 0 Å². The molecule has 4 N–H and O–H groups in total. The van der Waals surface area contributed by atoms with Crippen molar-refractivity contribution in [3.63, 3.8) is 0 Å². The van der Waals surface area contributed by atoms with Gasteiger partial charge in [0.15, 0.2) is 5.65 Å². The summed E-state index contributed by atoms with van der Waals surface area (Å²) in [5.41, 5.74) is 6.81. The van der Waals surface area contributed by atoms with Gasteiger partial charge in [0.25, 0.3) is 0 Å². The van der Waals surface area contributed by atoms with Crippen LogP contribution in [0.5, 0.6) is 0 Å². The third-order valence-corrected chi connectivity index (χ3v) is 3.54. The van der Waals surface area contributed by atoms with Crippen molar-refractivity contribution in [3.8, 4) is 0 Å². The van der Waals surface area contributed by atoms with Crippen LogP contribution in [-0.4, -0.2) is 33.2 Å². The van der Waals surface area contributed by atoms with Gasteiger partial charge in [-0.1, -0.05) is 0 Å². The molecule has 0 amide bonds. The van der Waals surface area contributed by atoms with E-state index in [1.807, 2.05) is 16.6 Å². The van der Waals surface area contributed by atoms with Crippen molar-refractivity contribution in [2.75, 3.05) is 17.2 Å². The van der Waals surface area contributed by atoms with Gasteiger partial charge < -0.3 is 16.4 Å². The minimum absolute atomic E-state index is 0.320. The highest BCUT2D eigenvalue weighted by atomic mass is 15.3. The molecule has 0 aromatic carbocycles. The summed E-state index contributed by atoms with van der Waals surface area (Å²) in [7, 11) is 0.